The molecule has 0 radical (unpaired) electrons. The normalized spacial score (nSPS) is 32.2. The van der Waals surface area contributed by atoms with Crippen LogP contribution in [0.2, 0.25) is 0 Å². The minimum absolute atomic E-state index is 0.766. The van der Waals surface area contributed by atoms with Crippen molar-refractivity contribution in [1.82, 2.24) is 15.1 Å². The van der Waals surface area contributed by atoms with E-state index in [0.717, 1.165) is 18.0 Å². The maximum atomic E-state index is 3.69. The number of nitrogens with one attached hydrogen (secondary N) is 1. The van der Waals surface area contributed by atoms with Gasteiger partial charge in [0, 0.05) is 25.2 Å². The first-order chi connectivity index (χ1) is 8.81. The van der Waals surface area contributed by atoms with Crippen LogP contribution < -0.4 is 5.32 Å². The van der Waals surface area contributed by atoms with Gasteiger partial charge in [-0.25, -0.2) is 0 Å². The minimum atomic E-state index is 0.766. The molecule has 18 heavy (non-hydrogen) atoms. The molecule has 3 nitrogen and oxygen atoms in total. The van der Waals surface area contributed by atoms with Crippen molar-refractivity contribution < 1.29 is 0 Å². The zero-order chi connectivity index (χ0) is 12.4. The lowest BCUT2D eigenvalue weighted by Gasteiger charge is -2.28. The maximum Gasteiger partial charge on any atom is 0.0194 e. The van der Waals surface area contributed by atoms with Crippen molar-refractivity contribution in [1.29, 1.82) is 0 Å². The Bertz CT molecular complexity index is 258. The summed E-state index contributed by atoms with van der Waals surface area (Å²) in [6, 6.07) is 1.64. The van der Waals surface area contributed by atoms with Crippen LogP contribution in [0.1, 0.15) is 39.0 Å². The van der Waals surface area contributed by atoms with Crippen LogP contribution >= 0.6 is 0 Å². The summed E-state index contributed by atoms with van der Waals surface area (Å²) in [5.41, 5.74) is 0. The highest BCUT2D eigenvalue weighted by atomic mass is 15.2. The summed E-state index contributed by atoms with van der Waals surface area (Å²) in [7, 11) is 0. The number of likely N-dealkylation sites (tertiary alicyclic amines) is 2. The molecule has 104 valence electrons. The van der Waals surface area contributed by atoms with Crippen LogP contribution in [0.3, 0.4) is 0 Å². The summed E-state index contributed by atoms with van der Waals surface area (Å²) >= 11 is 0. The SMILES string of the molecule is CC(CN1CCC(CNC2CC2)C1)N1CCCC1. The summed E-state index contributed by atoms with van der Waals surface area (Å²) < 4.78 is 0. The lowest BCUT2D eigenvalue weighted by Crippen LogP contribution is -2.40. The highest BCUT2D eigenvalue weighted by Crippen LogP contribution is 2.22. The van der Waals surface area contributed by atoms with Crippen LogP contribution in [0.5, 0.6) is 0 Å². The van der Waals surface area contributed by atoms with Gasteiger partial charge in [0.15, 0.2) is 0 Å². The van der Waals surface area contributed by atoms with Gasteiger partial charge in [-0.05, 0) is 71.1 Å². The van der Waals surface area contributed by atoms with Gasteiger partial charge in [0.1, 0.15) is 0 Å². The van der Waals surface area contributed by atoms with Gasteiger partial charge in [0.2, 0.25) is 0 Å². The van der Waals surface area contributed by atoms with Gasteiger partial charge in [-0.15, -0.1) is 0 Å². The minimum Gasteiger partial charge on any atom is -0.314 e. The van der Waals surface area contributed by atoms with Crippen molar-refractivity contribution in [3.05, 3.63) is 0 Å². The zero-order valence-electron chi connectivity index (χ0n) is 11.9. The van der Waals surface area contributed by atoms with Gasteiger partial charge in [-0.3, -0.25) is 4.90 Å². The van der Waals surface area contributed by atoms with E-state index < -0.39 is 0 Å². The lowest BCUT2D eigenvalue weighted by atomic mass is 10.1. The molecule has 2 atom stereocenters. The summed E-state index contributed by atoms with van der Waals surface area (Å²) in [5.74, 6) is 0.913. The molecule has 1 N–H and O–H groups in total. The molecule has 1 saturated carbocycles. The van der Waals surface area contributed by atoms with E-state index in [1.54, 1.807) is 0 Å². The molecule has 2 saturated heterocycles. The molecule has 0 bridgehead atoms. The molecule has 2 heterocycles. The van der Waals surface area contributed by atoms with Crippen LogP contribution in [0.15, 0.2) is 0 Å². The van der Waals surface area contributed by atoms with Crippen LogP contribution in [-0.2, 0) is 0 Å². The zero-order valence-corrected chi connectivity index (χ0v) is 11.9. The second-order valence-corrected chi connectivity index (χ2v) is 6.69. The molecule has 1 aliphatic carbocycles. The Kier molecular flexibility index (Phi) is 4.22. The fourth-order valence-corrected chi connectivity index (χ4v) is 3.54. The molecule has 3 rings (SSSR count). The monoisotopic (exact) mass is 251 g/mol. The molecule has 0 aromatic rings. The molecule has 0 amide bonds. The van der Waals surface area contributed by atoms with E-state index in [2.05, 4.69) is 22.0 Å². The molecular weight excluding hydrogens is 222 g/mol. The third-order valence-electron chi connectivity index (χ3n) is 4.93. The first kappa shape index (κ1) is 12.9. The Hall–Kier alpha value is -0.120. The number of rotatable bonds is 6. The van der Waals surface area contributed by atoms with Gasteiger partial charge in [0.05, 0.1) is 0 Å². The molecule has 0 spiro atoms. The number of hydrogen-bond donors (Lipinski definition) is 1. The van der Waals surface area contributed by atoms with Crippen LogP contribution in [0, 0.1) is 5.92 Å². The van der Waals surface area contributed by atoms with Crippen molar-refractivity contribution >= 4 is 0 Å². The third-order valence-corrected chi connectivity index (χ3v) is 4.93. The molecule has 0 aromatic carbocycles. The van der Waals surface area contributed by atoms with E-state index in [1.807, 2.05) is 0 Å². The van der Waals surface area contributed by atoms with Crippen LogP contribution in [0.4, 0.5) is 0 Å². The second-order valence-electron chi connectivity index (χ2n) is 6.69. The van der Waals surface area contributed by atoms with Crippen molar-refractivity contribution in [2.75, 3.05) is 39.3 Å². The maximum absolute atomic E-state index is 3.69. The molecular formula is C15H29N3. The van der Waals surface area contributed by atoms with Gasteiger partial charge >= 0.3 is 0 Å². The Morgan fingerprint density at radius 2 is 1.89 bits per heavy atom. The van der Waals surface area contributed by atoms with Gasteiger partial charge in [-0.2, -0.15) is 0 Å². The summed E-state index contributed by atoms with van der Waals surface area (Å²) in [6.45, 7) is 10.3. The Morgan fingerprint density at radius 3 is 2.61 bits per heavy atom. The predicted octanol–water partition coefficient (Wildman–Crippen LogP) is 1.54. The smallest absolute Gasteiger partial charge is 0.0194 e. The molecule has 0 aromatic heterocycles. The summed E-state index contributed by atoms with van der Waals surface area (Å²) in [6.07, 6.45) is 7.08. The van der Waals surface area contributed by atoms with Gasteiger partial charge < -0.3 is 10.2 Å². The molecule has 3 aliphatic rings. The Morgan fingerprint density at radius 1 is 1.11 bits per heavy atom. The second kappa shape index (κ2) is 5.89. The van der Waals surface area contributed by atoms with E-state index in [0.29, 0.717) is 0 Å². The number of hydrogen-bond acceptors (Lipinski definition) is 3. The van der Waals surface area contributed by atoms with Crippen LogP contribution in [0.25, 0.3) is 0 Å². The predicted molar refractivity (Wildman–Crippen MR) is 75.8 cm³/mol. The van der Waals surface area contributed by atoms with Gasteiger partial charge in [-0.1, -0.05) is 0 Å². The van der Waals surface area contributed by atoms with Crippen LogP contribution in [-0.4, -0.2) is 61.2 Å². The first-order valence-electron chi connectivity index (χ1n) is 8.01. The van der Waals surface area contributed by atoms with E-state index in [1.165, 1.54) is 71.4 Å². The van der Waals surface area contributed by atoms with E-state index >= 15 is 0 Å². The van der Waals surface area contributed by atoms with E-state index in [4.69, 9.17) is 0 Å². The Labute approximate surface area is 112 Å². The average molecular weight is 251 g/mol. The first-order valence-corrected chi connectivity index (χ1v) is 8.01. The van der Waals surface area contributed by atoms with E-state index in [9.17, 15) is 0 Å². The average Bonchev–Trinajstić information content (AvgIpc) is 2.88. The van der Waals surface area contributed by atoms with Crippen molar-refractivity contribution in [2.24, 2.45) is 5.92 Å². The quantitative estimate of drug-likeness (QED) is 0.772. The van der Waals surface area contributed by atoms with Crippen molar-refractivity contribution in [3.63, 3.8) is 0 Å². The number of nitrogens with zero attached hydrogens (tertiary/aromatic N) is 2. The lowest BCUT2D eigenvalue weighted by molar-refractivity contribution is 0.188. The highest BCUT2D eigenvalue weighted by molar-refractivity contribution is 4.86. The molecule has 2 aliphatic heterocycles. The molecule has 3 fully saturated rings. The highest BCUT2D eigenvalue weighted by Gasteiger charge is 2.28. The third kappa shape index (κ3) is 3.46. The Balaban J connectivity index is 1.35. The van der Waals surface area contributed by atoms with E-state index in [-0.39, 0.29) is 0 Å². The summed E-state index contributed by atoms with van der Waals surface area (Å²) in [5, 5.41) is 3.69. The largest absolute Gasteiger partial charge is 0.314 e. The molecule has 3 heteroatoms. The topological polar surface area (TPSA) is 18.5 Å². The standard InChI is InChI=1S/C15H29N3/c1-13(18-7-2-3-8-18)11-17-9-6-14(12-17)10-16-15-4-5-15/h13-16H,2-12H2,1H3. The van der Waals surface area contributed by atoms with Gasteiger partial charge in [0.25, 0.3) is 0 Å². The fraction of sp³-hybridized carbons (Fsp3) is 1.00. The summed E-state index contributed by atoms with van der Waals surface area (Å²) in [4.78, 5) is 5.37. The molecule has 2 unspecified atom stereocenters. The van der Waals surface area contributed by atoms with Crippen molar-refractivity contribution in [2.45, 2.75) is 51.1 Å². The van der Waals surface area contributed by atoms with Crippen molar-refractivity contribution in [3.8, 4) is 0 Å². The fourth-order valence-electron chi connectivity index (χ4n) is 3.54.